The van der Waals surface area contributed by atoms with Gasteiger partial charge in [0, 0.05) is 6.20 Å². The minimum Gasteiger partial charge on any atom is -0.493 e. The van der Waals surface area contributed by atoms with Crippen LogP contribution in [0.3, 0.4) is 0 Å². The highest BCUT2D eigenvalue weighted by Gasteiger charge is 2.19. The second-order valence-corrected chi connectivity index (χ2v) is 6.12. The Kier molecular flexibility index (Phi) is 7.83. The number of carbonyl (C=O) groups is 2. The quantitative estimate of drug-likeness (QED) is 0.674. The molecule has 0 unspecified atom stereocenters. The van der Waals surface area contributed by atoms with Crippen molar-refractivity contribution in [1.29, 1.82) is 0 Å². The number of rotatable bonds is 8. The van der Waals surface area contributed by atoms with Crippen molar-refractivity contribution in [3.05, 3.63) is 53.2 Å². The van der Waals surface area contributed by atoms with E-state index in [4.69, 9.17) is 25.8 Å². The third-order valence-corrected chi connectivity index (χ3v) is 3.77. The molecule has 0 saturated heterocycles. The van der Waals surface area contributed by atoms with Crippen molar-refractivity contribution >= 4 is 35.4 Å². The molecule has 0 saturated carbocycles. The van der Waals surface area contributed by atoms with E-state index in [0.29, 0.717) is 22.3 Å². The molecule has 0 aliphatic heterocycles. The summed E-state index contributed by atoms with van der Waals surface area (Å²) in [5.74, 6) is -0.0135. The van der Waals surface area contributed by atoms with E-state index in [1.54, 1.807) is 24.3 Å². The van der Waals surface area contributed by atoms with Gasteiger partial charge < -0.3 is 19.5 Å². The van der Waals surface area contributed by atoms with Gasteiger partial charge in [0.05, 0.1) is 12.1 Å². The van der Waals surface area contributed by atoms with Crippen molar-refractivity contribution in [3.8, 4) is 11.5 Å². The number of pyridine rings is 1. The molecule has 2 aromatic rings. The van der Waals surface area contributed by atoms with Crippen LogP contribution >= 0.6 is 11.6 Å². The second-order valence-electron chi connectivity index (χ2n) is 5.68. The van der Waals surface area contributed by atoms with Gasteiger partial charge in [0.2, 0.25) is 0 Å². The molecule has 0 spiro atoms. The van der Waals surface area contributed by atoms with Gasteiger partial charge in [0.15, 0.2) is 24.2 Å². The van der Waals surface area contributed by atoms with Crippen LogP contribution < -0.4 is 14.8 Å². The summed E-state index contributed by atoms with van der Waals surface area (Å²) < 4.78 is 15.8. The summed E-state index contributed by atoms with van der Waals surface area (Å²) in [6.45, 7) is 3.00. The SMILES string of the molecule is C/C=C/c1ccc(OCC(=O)O[C@H](C)C(=O)Nc2ccc(Cl)cn2)c(OC)c1. The zero-order valence-electron chi connectivity index (χ0n) is 15.8. The fourth-order valence-corrected chi connectivity index (χ4v) is 2.31. The third-order valence-electron chi connectivity index (χ3n) is 3.55. The molecule has 1 amide bonds. The van der Waals surface area contributed by atoms with Crippen LogP contribution in [0.25, 0.3) is 6.08 Å². The number of allylic oxidation sites excluding steroid dienone is 1. The average molecular weight is 405 g/mol. The zero-order chi connectivity index (χ0) is 20.5. The van der Waals surface area contributed by atoms with Gasteiger partial charge in [-0.1, -0.05) is 29.8 Å². The number of nitrogens with zero attached hydrogens (tertiary/aromatic N) is 1. The summed E-state index contributed by atoms with van der Waals surface area (Å²) in [5, 5.41) is 2.98. The number of aromatic nitrogens is 1. The molecule has 7 nitrogen and oxygen atoms in total. The minimum atomic E-state index is -1.02. The van der Waals surface area contributed by atoms with E-state index in [1.807, 2.05) is 25.1 Å². The van der Waals surface area contributed by atoms with E-state index in [9.17, 15) is 9.59 Å². The Bertz CT molecular complexity index is 852. The number of benzene rings is 1. The van der Waals surface area contributed by atoms with Crippen LogP contribution in [-0.2, 0) is 14.3 Å². The smallest absolute Gasteiger partial charge is 0.344 e. The first-order chi connectivity index (χ1) is 13.4. The Morgan fingerprint density at radius 2 is 2.04 bits per heavy atom. The molecule has 0 aliphatic rings. The number of hydrogen-bond acceptors (Lipinski definition) is 6. The van der Waals surface area contributed by atoms with Crippen LogP contribution in [-0.4, -0.2) is 36.7 Å². The van der Waals surface area contributed by atoms with Gasteiger partial charge in [-0.2, -0.15) is 0 Å². The monoisotopic (exact) mass is 404 g/mol. The Morgan fingerprint density at radius 1 is 1.25 bits per heavy atom. The highest BCUT2D eigenvalue weighted by Crippen LogP contribution is 2.28. The number of esters is 1. The largest absolute Gasteiger partial charge is 0.493 e. The Labute approximate surface area is 168 Å². The number of carbonyl (C=O) groups excluding carboxylic acids is 2. The lowest BCUT2D eigenvalue weighted by Gasteiger charge is -2.14. The molecule has 0 bridgehead atoms. The average Bonchev–Trinajstić information content (AvgIpc) is 2.68. The van der Waals surface area contributed by atoms with Crippen LogP contribution in [0.2, 0.25) is 5.02 Å². The van der Waals surface area contributed by atoms with Crippen LogP contribution in [0.15, 0.2) is 42.6 Å². The molecule has 8 heteroatoms. The van der Waals surface area contributed by atoms with Crippen molar-refractivity contribution in [3.63, 3.8) is 0 Å². The summed E-state index contributed by atoms with van der Waals surface area (Å²) in [6.07, 6.45) is 4.19. The number of nitrogens with one attached hydrogen (secondary N) is 1. The van der Waals surface area contributed by atoms with E-state index in [0.717, 1.165) is 5.56 Å². The topological polar surface area (TPSA) is 86.8 Å². The lowest BCUT2D eigenvalue weighted by molar-refractivity contribution is -0.155. The summed E-state index contributed by atoms with van der Waals surface area (Å²) in [4.78, 5) is 28.0. The molecule has 1 N–H and O–H groups in total. The Hall–Kier alpha value is -3.06. The normalized spacial score (nSPS) is 11.7. The molecule has 2 rings (SSSR count). The first-order valence-electron chi connectivity index (χ1n) is 8.48. The maximum Gasteiger partial charge on any atom is 0.344 e. The molecule has 1 atom stereocenters. The van der Waals surface area contributed by atoms with Gasteiger partial charge in [-0.25, -0.2) is 9.78 Å². The fourth-order valence-electron chi connectivity index (χ4n) is 2.20. The van der Waals surface area contributed by atoms with E-state index >= 15 is 0 Å². The van der Waals surface area contributed by atoms with Crippen LogP contribution in [0, 0.1) is 0 Å². The van der Waals surface area contributed by atoms with Gasteiger partial charge in [-0.05, 0) is 43.7 Å². The number of halogens is 1. The molecule has 28 heavy (non-hydrogen) atoms. The van der Waals surface area contributed by atoms with E-state index in [-0.39, 0.29) is 6.61 Å². The summed E-state index contributed by atoms with van der Waals surface area (Å²) >= 11 is 5.74. The van der Waals surface area contributed by atoms with Crippen LogP contribution in [0.5, 0.6) is 11.5 Å². The van der Waals surface area contributed by atoms with E-state index in [1.165, 1.54) is 20.2 Å². The van der Waals surface area contributed by atoms with E-state index in [2.05, 4.69) is 10.3 Å². The molecule has 1 aromatic carbocycles. The number of methoxy groups -OCH3 is 1. The molecular formula is C20H21ClN2O5. The van der Waals surface area contributed by atoms with Crippen molar-refractivity contribution < 1.29 is 23.8 Å². The van der Waals surface area contributed by atoms with Gasteiger partial charge in [-0.15, -0.1) is 0 Å². The molecule has 0 aliphatic carbocycles. The van der Waals surface area contributed by atoms with Gasteiger partial charge in [0.1, 0.15) is 5.82 Å². The van der Waals surface area contributed by atoms with Gasteiger partial charge in [0.25, 0.3) is 5.91 Å². The standard InChI is InChI=1S/C20H21ClN2O5/c1-4-5-14-6-8-16(17(10-14)26-3)27-12-19(24)28-13(2)20(25)23-18-9-7-15(21)11-22-18/h4-11,13H,12H2,1-3H3,(H,22,23,25)/b5-4+/t13-/m1/s1. The minimum absolute atomic E-state index is 0.305. The molecule has 0 fully saturated rings. The van der Waals surface area contributed by atoms with Crippen molar-refractivity contribution in [1.82, 2.24) is 4.98 Å². The number of amides is 1. The number of ether oxygens (including phenoxy) is 3. The summed E-state index contributed by atoms with van der Waals surface area (Å²) in [6, 6.07) is 8.45. The predicted molar refractivity (Wildman–Crippen MR) is 107 cm³/mol. The molecule has 0 radical (unpaired) electrons. The lowest BCUT2D eigenvalue weighted by Crippen LogP contribution is -2.31. The Morgan fingerprint density at radius 3 is 2.68 bits per heavy atom. The predicted octanol–water partition coefficient (Wildman–Crippen LogP) is 3.73. The van der Waals surface area contributed by atoms with E-state index < -0.39 is 18.0 Å². The first kappa shape index (κ1) is 21.2. The molecule has 148 valence electrons. The summed E-state index contributed by atoms with van der Waals surface area (Å²) in [7, 11) is 1.51. The maximum absolute atomic E-state index is 12.1. The fraction of sp³-hybridized carbons (Fsp3) is 0.250. The van der Waals surface area contributed by atoms with Crippen molar-refractivity contribution in [2.24, 2.45) is 0 Å². The van der Waals surface area contributed by atoms with Gasteiger partial charge >= 0.3 is 5.97 Å². The Balaban J connectivity index is 1.87. The highest BCUT2D eigenvalue weighted by molar-refractivity contribution is 6.30. The lowest BCUT2D eigenvalue weighted by atomic mass is 10.2. The zero-order valence-corrected chi connectivity index (χ0v) is 16.5. The van der Waals surface area contributed by atoms with Crippen LogP contribution in [0.1, 0.15) is 19.4 Å². The third kappa shape index (κ3) is 6.28. The molecule has 1 heterocycles. The van der Waals surface area contributed by atoms with Crippen molar-refractivity contribution in [2.45, 2.75) is 20.0 Å². The molecular weight excluding hydrogens is 384 g/mol. The number of anilines is 1. The molecule has 1 aromatic heterocycles. The van der Waals surface area contributed by atoms with Gasteiger partial charge in [-0.3, -0.25) is 4.79 Å². The first-order valence-corrected chi connectivity index (χ1v) is 8.86. The maximum atomic E-state index is 12.1. The highest BCUT2D eigenvalue weighted by atomic mass is 35.5. The van der Waals surface area contributed by atoms with Crippen molar-refractivity contribution in [2.75, 3.05) is 19.0 Å². The second kappa shape index (κ2) is 10.3. The number of hydrogen-bond donors (Lipinski definition) is 1. The van der Waals surface area contributed by atoms with Crippen LogP contribution in [0.4, 0.5) is 5.82 Å². The summed E-state index contributed by atoms with van der Waals surface area (Å²) in [5.41, 5.74) is 0.940.